The van der Waals surface area contributed by atoms with Crippen molar-refractivity contribution in [2.24, 2.45) is 0 Å². The average molecular weight is 320 g/mol. The van der Waals surface area contributed by atoms with Crippen LogP contribution in [0.25, 0.3) is 0 Å². The molecule has 1 rings (SSSR count). The molecule has 0 saturated heterocycles. The summed E-state index contributed by atoms with van der Waals surface area (Å²) < 4.78 is 1.17. The molecule has 0 aliphatic carbocycles. The zero-order valence-electron chi connectivity index (χ0n) is 8.63. The summed E-state index contributed by atoms with van der Waals surface area (Å²) in [4.78, 5) is 0.585. The number of halogens is 2. The molecule has 2 unspecified atom stereocenters. The van der Waals surface area contributed by atoms with Gasteiger partial charge in [-0.15, -0.1) is 0 Å². The first kappa shape index (κ1) is 12.3. The monoisotopic (exact) mass is 318 g/mol. The number of rotatable bonds is 4. The van der Waals surface area contributed by atoms with E-state index in [2.05, 4.69) is 70.0 Å². The van der Waals surface area contributed by atoms with Crippen LogP contribution in [-0.2, 0) is 0 Å². The maximum atomic E-state index is 3.75. The van der Waals surface area contributed by atoms with Gasteiger partial charge in [-0.3, -0.25) is 0 Å². The van der Waals surface area contributed by atoms with Gasteiger partial charge < -0.3 is 0 Å². The molecule has 0 amide bonds. The van der Waals surface area contributed by atoms with Gasteiger partial charge in [0.2, 0.25) is 0 Å². The van der Waals surface area contributed by atoms with Crippen LogP contribution in [0.1, 0.15) is 38.2 Å². The van der Waals surface area contributed by atoms with Crippen LogP contribution in [0.4, 0.5) is 0 Å². The summed E-state index contributed by atoms with van der Waals surface area (Å²) in [7, 11) is 0. The Balaban J connectivity index is 2.89. The molecule has 78 valence electrons. The topological polar surface area (TPSA) is 0 Å². The summed E-state index contributed by atoms with van der Waals surface area (Å²) in [6.07, 6.45) is 2.35. The number of hydrogen-bond acceptors (Lipinski definition) is 0. The van der Waals surface area contributed by atoms with E-state index in [9.17, 15) is 0 Å². The third kappa shape index (κ3) is 3.09. The van der Waals surface area contributed by atoms with Crippen LogP contribution in [0.15, 0.2) is 28.7 Å². The van der Waals surface area contributed by atoms with Crippen LogP contribution in [-0.4, -0.2) is 4.83 Å². The SMILES string of the molecule is CCC(Br)C(CC)c1cccc(Br)c1. The molecule has 0 aliphatic heterocycles. The molecule has 0 nitrogen and oxygen atoms in total. The molecule has 0 fully saturated rings. The van der Waals surface area contributed by atoms with Gasteiger partial charge in [-0.05, 0) is 36.5 Å². The van der Waals surface area contributed by atoms with E-state index in [0.29, 0.717) is 10.7 Å². The maximum absolute atomic E-state index is 3.75. The van der Waals surface area contributed by atoms with Gasteiger partial charge in [0.05, 0.1) is 0 Å². The molecule has 14 heavy (non-hydrogen) atoms. The van der Waals surface area contributed by atoms with Crippen molar-refractivity contribution in [1.82, 2.24) is 0 Å². The first-order valence-electron chi connectivity index (χ1n) is 5.08. The van der Waals surface area contributed by atoms with E-state index >= 15 is 0 Å². The molecule has 0 saturated carbocycles. The minimum absolute atomic E-state index is 0.585. The first-order chi connectivity index (χ1) is 6.69. The molecule has 1 aromatic rings. The maximum Gasteiger partial charge on any atom is 0.0211 e. The Kier molecular flexibility index (Phi) is 5.18. The van der Waals surface area contributed by atoms with Crippen molar-refractivity contribution in [3.05, 3.63) is 34.3 Å². The highest BCUT2D eigenvalue weighted by molar-refractivity contribution is 9.10. The fourth-order valence-corrected chi connectivity index (χ4v) is 2.82. The second kappa shape index (κ2) is 5.92. The number of alkyl halides is 1. The Hall–Kier alpha value is 0.180. The predicted molar refractivity (Wildman–Crippen MR) is 70.2 cm³/mol. The van der Waals surface area contributed by atoms with Crippen molar-refractivity contribution in [2.45, 2.75) is 37.4 Å². The quantitative estimate of drug-likeness (QED) is 0.676. The standard InChI is InChI=1S/C12H16Br2/c1-3-11(12(14)4-2)9-6-5-7-10(13)8-9/h5-8,11-12H,3-4H2,1-2H3. The Morgan fingerprint density at radius 1 is 1.21 bits per heavy atom. The van der Waals surface area contributed by atoms with Gasteiger partial charge in [0.1, 0.15) is 0 Å². The summed E-state index contributed by atoms with van der Waals surface area (Å²) in [6.45, 7) is 4.47. The highest BCUT2D eigenvalue weighted by Gasteiger charge is 2.17. The van der Waals surface area contributed by atoms with E-state index in [1.165, 1.54) is 22.9 Å². The second-order valence-electron chi connectivity index (χ2n) is 3.49. The van der Waals surface area contributed by atoms with Gasteiger partial charge in [-0.1, -0.05) is 57.8 Å². The van der Waals surface area contributed by atoms with Crippen LogP contribution >= 0.6 is 31.9 Å². The second-order valence-corrected chi connectivity index (χ2v) is 5.59. The van der Waals surface area contributed by atoms with Gasteiger partial charge in [-0.2, -0.15) is 0 Å². The molecular formula is C12H16Br2. The molecule has 1 aromatic carbocycles. The van der Waals surface area contributed by atoms with Crippen molar-refractivity contribution >= 4 is 31.9 Å². The van der Waals surface area contributed by atoms with Gasteiger partial charge in [0.25, 0.3) is 0 Å². The van der Waals surface area contributed by atoms with E-state index in [1.807, 2.05) is 0 Å². The van der Waals surface area contributed by atoms with Gasteiger partial charge in [0.15, 0.2) is 0 Å². The molecule has 0 radical (unpaired) electrons. The molecule has 0 bridgehead atoms. The Morgan fingerprint density at radius 3 is 2.43 bits per heavy atom. The zero-order chi connectivity index (χ0) is 10.6. The molecule has 0 aromatic heterocycles. The molecule has 0 heterocycles. The normalized spacial score (nSPS) is 15.1. The van der Waals surface area contributed by atoms with E-state index in [-0.39, 0.29) is 0 Å². The van der Waals surface area contributed by atoms with Crippen LogP contribution in [0.2, 0.25) is 0 Å². The smallest absolute Gasteiger partial charge is 0.0211 e. The molecule has 0 spiro atoms. The van der Waals surface area contributed by atoms with Crippen molar-refractivity contribution in [2.75, 3.05) is 0 Å². The van der Waals surface area contributed by atoms with Crippen molar-refractivity contribution < 1.29 is 0 Å². The average Bonchev–Trinajstić information content (AvgIpc) is 2.19. The van der Waals surface area contributed by atoms with E-state index in [1.54, 1.807) is 0 Å². The lowest BCUT2D eigenvalue weighted by Gasteiger charge is -2.20. The Labute approximate surface area is 103 Å². The van der Waals surface area contributed by atoms with Crippen LogP contribution in [0, 0.1) is 0 Å². The molecule has 2 atom stereocenters. The fraction of sp³-hybridized carbons (Fsp3) is 0.500. The zero-order valence-corrected chi connectivity index (χ0v) is 11.8. The van der Waals surface area contributed by atoms with E-state index in [0.717, 1.165) is 0 Å². The van der Waals surface area contributed by atoms with E-state index in [4.69, 9.17) is 0 Å². The summed E-state index contributed by atoms with van der Waals surface area (Å²) in [6, 6.07) is 8.61. The Morgan fingerprint density at radius 2 is 1.93 bits per heavy atom. The highest BCUT2D eigenvalue weighted by atomic mass is 79.9. The minimum atomic E-state index is 0.585. The molecule has 2 heteroatoms. The van der Waals surface area contributed by atoms with Crippen molar-refractivity contribution in [3.8, 4) is 0 Å². The lowest BCUT2D eigenvalue weighted by atomic mass is 9.92. The van der Waals surface area contributed by atoms with Gasteiger partial charge in [0, 0.05) is 9.30 Å². The van der Waals surface area contributed by atoms with E-state index < -0.39 is 0 Å². The lowest BCUT2D eigenvalue weighted by molar-refractivity contribution is 0.619. The Bertz CT molecular complexity index is 283. The van der Waals surface area contributed by atoms with Crippen LogP contribution in [0.5, 0.6) is 0 Å². The first-order valence-corrected chi connectivity index (χ1v) is 6.79. The summed E-state index contributed by atoms with van der Waals surface area (Å²) in [5, 5.41) is 0. The largest absolute Gasteiger partial charge is 0.0884 e. The fourth-order valence-electron chi connectivity index (χ4n) is 1.72. The van der Waals surface area contributed by atoms with Crippen LogP contribution in [0.3, 0.4) is 0 Å². The highest BCUT2D eigenvalue weighted by Crippen LogP contribution is 2.31. The molecule has 0 aliphatic rings. The van der Waals surface area contributed by atoms with Crippen LogP contribution < -0.4 is 0 Å². The summed E-state index contributed by atoms with van der Waals surface area (Å²) >= 11 is 7.26. The van der Waals surface area contributed by atoms with Gasteiger partial charge in [-0.25, -0.2) is 0 Å². The van der Waals surface area contributed by atoms with Crippen molar-refractivity contribution in [3.63, 3.8) is 0 Å². The molecular weight excluding hydrogens is 304 g/mol. The summed E-state index contributed by atoms with van der Waals surface area (Å²) in [5.74, 6) is 0.623. The minimum Gasteiger partial charge on any atom is -0.0884 e. The number of hydrogen-bond donors (Lipinski definition) is 0. The number of benzene rings is 1. The predicted octanol–water partition coefficient (Wildman–Crippen LogP) is 5.12. The summed E-state index contributed by atoms with van der Waals surface area (Å²) in [5.41, 5.74) is 1.42. The third-order valence-electron chi connectivity index (χ3n) is 2.54. The lowest BCUT2D eigenvalue weighted by Crippen LogP contribution is -2.10. The molecule has 0 N–H and O–H groups in total. The third-order valence-corrected chi connectivity index (χ3v) is 4.32. The van der Waals surface area contributed by atoms with Crippen molar-refractivity contribution in [1.29, 1.82) is 0 Å². The van der Waals surface area contributed by atoms with Gasteiger partial charge >= 0.3 is 0 Å².